The van der Waals surface area contributed by atoms with Gasteiger partial charge in [0.2, 0.25) is 0 Å². The molecule has 0 spiro atoms. The predicted octanol–water partition coefficient (Wildman–Crippen LogP) is 0.926. The molecule has 10 heavy (non-hydrogen) atoms. The molecule has 0 N–H and O–H groups in total. The van der Waals surface area contributed by atoms with Gasteiger partial charge in [0, 0.05) is 5.69 Å². The Hall–Kier alpha value is -1.45. The van der Waals surface area contributed by atoms with Gasteiger partial charge in [-0.1, -0.05) is 0 Å². The zero-order chi connectivity index (χ0) is 6.97. The van der Waals surface area contributed by atoms with Crippen LogP contribution in [-0.2, 0) is 0 Å². The van der Waals surface area contributed by atoms with Crippen molar-refractivity contribution in [3.8, 4) is 0 Å². The predicted molar refractivity (Wildman–Crippen MR) is 34.3 cm³/mol. The number of hydrogen-bond acceptors (Lipinski definition) is 4. The van der Waals surface area contributed by atoms with E-state index in [9.17, 15) is 0 Å². The van der Waals surface area contributed by atoms with E-state index >= 15 is 0 Å². The minimum Gasteiger partial charge on any atom is -0.259 e. The van der Waals surface area contributed by atoms with E-state index in [2.05, 4.69) is 19.9 Å². The van der Waals surface area contributed by atoms with E-state index < -0.39 is 0 Å². The number of fused-ring (bicyclic) bond motifs is 1. The highest BCUT2D eigenvalue weighted by molar-refractivity contribution is 5.71. The maximum absolute atomic E-state index is 4.48. The first-order chi connectivity index (χ1) is 4.86. The molecule has 0 saturated heterocycles. The molecule has 2 heterocycles. The van der Waals surface area contributed by atoms with Crippen LogP contribution in [-0.4, -0.2) is 15.3 Å². The summed E-state index contributed by atoms with van der Waals surface area (Å²) in [6, 6.07) is 1.83. The third-order valence-corrected chi connectivity index (χ3v) is 1.28. The van der Waals surface area contributed by atoms with Crippen molar-refractivity contribution >= 4 is 11.0 Å². The first-order valence-electron chi connectivity index (χ1n) is 2.91. The van der Waals surface area contributed by atoms with Crippen LogP contribution in [0.1, 0.15) is 5.69 Å². The maximum atomic E-state index is 4.48. The average Bonchev–Trinajstić information content (AvgIpc) is 2.33. The van der Waals surface area contributed by atoms with Crippen molar-refractivity contribution in [3.63, 3.8) is 0 Å². The van der Waals surface area contributed by atoms with Crippen molar-refractivity contribution in [2.75, 3.05) is 0 Å². The van der Waals surface area contributed by atoms with E-state index in [-0.39, 0.29) is 0 Å². The summed E-state index contributed by atoms with van der Waals surface area (Å²) < 4.78 is 4.48. The van der Waals surface area contributed by atoms with Gasteiger partial charge in [-0.3, -0.25) is 4.98 Å². The van der Waals surface area contributed by atoms with E-state index in [1.54, 1.807) is 6.20 Å². The molecule has 0 bridgehead atoms. The number of rotatable bonds is 0. The van der Waals surface area contributed by atoms with Crippen molar-refractivity contribution in [2.45, 2.75) is 6.92 Å². The molecule has 0 aliphatic rings. The Kier molecular flexibility index (Phi) is 0.943. The Morgan fingerprint density at radius 1 is 1.30 bits per heavy atom. The van der Waals surface area contributed by atoms with Gasteiger partial charge < -0.3 is 0 Å². The molecule has 4 nitrogen and oxygen atoms in total. The molecular formula is C6H5N3O. The second kappa shape index (κ2) is 1.76. The van der Waals surface area contributed by atoms with Crippen LogP contribution in [0.4, 0.5) is 0 Å². The van der Waals surface area contributed by atoms with Crippen molar-refractivity contribution in [1.82, 2.24) is 15.3 Å². The van der Waals surface area contributed by atoms with Gasteiger partial charge in [-0.15, -0.1) is 0 Å². The fourth-order valence-electron chi connectivity index (χ4n) is 0.790. The van der Waals surface area contributed by atoms with E-state index in [1.165, 1.54) is 0 Å². The van der Waals surface area contributed by atoms with Gasteiger partial charge >= 0.3 is 0 Å². The van der Waals surface area contributed by atoms with Crippen LogP contribution >= 0.6 is 0 Å². The van der Waals surface area contributed by atoms with E-state index in [4.69, 9.17) is 0 Å². The number of pyridine rings is 1. The van der Waals surface area contributed by atoms with Crippen molar-refractivity contribution < 1.29 is 4.63 Å². The lowest BCUT2D eigenvalue weighted by atomic mass is 10.3. The maximum Gasteiger partial charge on any atom is 0.153 e. The van der Waals surface area contributed by atoms with Crippen molar-refractivity contribution in [3.05, 3.63) is 18.0 Å². The monoisotopic (exact) mass is 135 g/mol. The number of nitrogens with zero attached hydrogens (tertiary/aromatic N) is 3. The van der Waals surface area contributed by atoms with Gasteiger partial charge in [0.1, 0.15) is 5.52 Å². The third kappa shape index (κ3) is 0.655. The highest BCUT2D eigenvalue weighted by Gasteiger charge is 1.98. The Balaban J connectivity index is 2.86. The van der Waals surface area contributed by atoms with E-state index in [1.807, 2.05) is 13.0 Å². The van der Waals surface area contributed by atoms with E-state index in [0.29, 0.717) is 5.52 Å². The van der Waals surface area contributed by atoms with E-state index in [0.717, 1.165) is 11.2 Å². The summed E-state index contributed by atoms with van der Waals surface area (Å²) in [6.45, 7) is 1.90. The molecule has 0 unspecified atom stereocenters. The molecule has 2 rings (SSSR count). The zero-order valence-corrected chi connectivity index (χ0v) is 5.40. The molecule has 0 aliphatic carbocycles. The number of aromatic nitrogens is 3. The Bertz CT molecular complexity index is 355. The topological polar surface area (TPSA) is 51.8 Å². The lowest BCUT2D eigenvalue weighted by Crippen LogP contribution is -1.78. The highest BCUT2D eigenvalue weighted by Crippen LogP contribution is 2.06. The Morgan fingerprint density at radius 2 is 2.10 bits per heavy atom. The third-order valence-electron chi connectivity index (χ3n) is 1.28. The molecule has 0 saturated carbocycles. The van der Waals surface area contributed by atoms with Crippen LogP contribution in [0, 0.1) is 6.92 Å². The molecule has 0 radical (unpaired) electrons. The van der Waals surface area contributed by atoms with Crippen LogP contribution in [0.25, 0.3) is 11.0 Å². The van der Waals surface area contributed by atoms with Crippen LogP contribution in [0.15, 0.2) is 16.9 Å². The summed E-state index contributed by atoms with van der Waals surface area (Å²) in [6.07, 6.45) is 1.64. The van der Waals surface area contributed by atoms with Crippen molar-refractivity contribution in [1.29, 1.82) is 0 Å². The number of hydrogen-bond donors (Lipinski definition) is 0. The lowest BCUT2D eigenvalue weighted by Gasteiger charge is -1.85. The van der Waals surface area contributed by atoms with Gasteiger partial charge in [0.15, 0.2) is 5.52 Å². The molecule has 0 amide bonds. The summed E-state index contributed by atoms with van der Waals surface area (Å²) in [5.74, 6) is 0. The van der Waals surface area contributed by atoms with Crippen LogP contribution in [0.2, 0.25) is 0 Å². The van der Waals surface area contributed by atoms with Gasteiger partial charge in [0.05, 0.1) is 6.20 Å². The first kappa shape index (κ1) is 5.34. The fourth-order valence-corrected chi connectivity index (χ4v) is 0.790. The van der Waals surface area contributed by atoms with Crippen LogP contribution in [0.5, 0.6) is 0 Å². The van der Waals surface area contributed by atoms with Gasteiger partial charge in [-0.05, 0) is 23.3 Å². The smallest absolute Gasteiger partial charge is 0.153 e. The van der Waals surface area contributed by atoms with Crippen LogP contribution < -0.4 is 0 Å². The minimum absolute atomic E-state index is 0.700. The average molecular weight is 135 g/mol. The number of aryl methyl sites for hydroxylation is 1. The SMILES string of the molecule is Cc1cc2nonc2cn1. The molecule has 0 aliphatic heterocycles. The molecule has 4 heteroatoms. The molecule has 0 atom stereocenters. The van der Waals surface area contributed by atoms with Gasteiger partial charge in [-0.25, -0.2) is 4.63 Å². The molecule has 0 aromatic carbocycles. The summed E-state index contributed by atoms with van der Waals surface area (Å²) >= 11 is 0. The summed E-state index contributed by atoms with van der Waals surface area (Å²) in [5.41, 5.74) is 2.38. The molecule has 0 fully saturated rings. The quantitative estimate of drug-likeness (QED) is 0.539. The van der Waals surface area contributed by atoms with Crippen molar-refractivity contribution in [2.24, 2.45) is 0 Å². The van der Waals surface area contributed by atoms with Gasteiger partial charge in [-0.2, -0.15) is 0 Å². The summed E-state index contributed by atoms with van der Waals surface area (Å²) in [7, 11) is 0. The van der Waals surface area contributed by atoms with Crippen LogP contribution in [0.3, 0.4) is 0 Å². The molecule has 2 aromatic heterocycles. The Morgan fingerprint density at radius 3 is 3.00 bits per heavy atom. The zero-order valence-electron chi connectivity index (χ0n) is 5.40. The van der Waals surface area contributed by atoms with Gasteiger partial charge in [0.25, 0.3) is 0 Å². The lowest BCUT2D eigenvalue weighted by molar-refractivity contribution is 0.315. The summed E-state index contributed by atoms with van der Waals surface area (Å²) in [5, 5.41) is 7.26. The first-order valence-corrected chi connectivity index (χ1v) is 2.91. The fraction of sp³-hybridized carbons (Fsp3) is 0.167. The second-order valence-electron chi connectivity index (χ2n) is 2.08. The molecular weight excluding hydrogens is 130 g/mol. The molecule has 50 valence electrons. The highest BCUT2D eigenvalue weighted by atomic mass is 16.6. The summed E-state index contributed by atoms with van der Waals surface area (Å²) in [4.78, 5) is 4.02. The normalized spacial score (nSPS) is 10.5. The minimum atomic E-state index is 0.700. The Labute approximate surface area is 56.8 Å². The largest absolute Gasteiger partial charge is 0.259 e. The molecule has 2 aromatic rings. The standard InChI is InChI=1S/C6H5N3O/c1-4-2-5-6(3-7-4)9-10-8-5/h2-3H,1H3. The second-order valence-corrected chi connectivity index (χ2v) is 2.08.